The van der Waals surface area contributed by atoms with Crippen molar-refractivity contribution in [3.8, 4) is 0 Å². The lowest BCUT2D eigenvalue weighted by Crippen LogP contribution is -2.40. The zero-order valence-electron chi connectivity index (χ0n) is 19.0. The quantitative estimate of drug-likeness (QED) is 0.371. The van der Waals surface area contributed by atoms with Crippen LogP contribution in [0.1, 0.15) is 30.6 Å². The molecule has 0 spiro atoms. The zero-order chi connectivity index (χ0) is 24.9. The SMILES string of the molecule is CC(C)CC(Nc1ncc(C(N)=O)c(Nc2ccc(S(=O)(=O)N3CCOCC3)cc2)n1)C(N)=O. The van der Waals surface area contributed by atoms with Gasteiger partial charge in [0.1, 0.15) is 17.4 Å². The Labute approximate surface area is 198 Å². The molecule has 1 fully saturated rings. The van der Waals surface area contributed by atoms with Gasteiger partial charge < -0.3 is 26.8 Å². The van der Waals surface area contributed by atoms with Crippen LogP contribution in [0.3, 0.4) is 0 Å². The van der Waals surface area contributed by atoms with E-state index in [4.69, 9.17) is 16.2 Å². The second-order valence-electron chi connectivity index (χ2n) is 8.21. The summed E-state index contributed by atoms with van der Waals surface area (Å²) in [5.74, 6) is -0.929. The fourth-order valence-electron chi connectivity index (χ4n) is 3.38. The molecule has 1 saturated heterocycles. The second-order valence-corrected chi connectivity index (χ2v) is 10.2. The maximum atomic E-state index is 12.8. The molecule has 6 N–H and O–H groups in total. The summed E-state index contributed by atoms with van der Waals surface area (Å²) in [5, 5.41) is 5.84. The number of morpholine rings is 1. The van der Waals surface area contributed by atoms with E-state index < -0.39 is 27.9 Å². The van der Waals surface area contributed by atoms with Gasteiger partial charge in [-0.25, -0.2) is 13.4 Å². The summed E-state index contributed by atoms with van der Waals surface area (Å²) in [6.07, 6.45) is 1.71. The Morgan fingerprint density at radius 2 is 1.79 bits per heavy atom. The lowest BCUT2D eigenvalue weighted by Gasteiger charge is -2.26. The van der Waals surface area contributed by atoms with Crippen LogP contribution in [0.4, 0.5) is 17.5 Å². The molecule has 1 aromatic carbocycles. The first kappa shape index (κ1) is 25.3. The highest BCUT2D eigenvalue weighted by atomic mass is 32.2. The number of ether oxygens (including phenoxy) is 1. The number of rotatable bonds is 10. The molecule has 2 aromatic rings. The van der Waals surface area contributed by atoms with Crippen LogP contribution in [0.2, 0.25) is 0 Å². The van der Waals surface area contributed by atoms with Crippen molar-refractivity contribution in [2.24, 2.45) is 17.4 Å². The second kappa shape index (κ2) is 10.8. The fourth-order valence-corrected chi connectivity index (χ4v) is 4.79. The van der Waals surface area contributed by atoms with E-state index in [0.717, 1.165) is 0 Å². The zero-order valence-corrected chi connectivity index (χ0v) is 19.8. The molecule has 1 unspecified atom stereocenters. The molecule has 1 aliphatic heterocycles. The van der Waals surface area contributed by atoms with Crippen LogP contribution in [0.5, 0.6) is 0 Å². The monoisotopic (exact) mass is 491 g/mol. The molecule has 13 heteroatoms. The Balaban J connectivity index is 1.82. The number of nitrogens with two attached hydrogens (primary N) is 2. The number of aromatic nitrogens is 2. The van der Waals surface area contributed by atoms with Gasteiger partial charge in [-0.3, -0.25) is 9.59 Å². The Morgan fingerprint density at radius 3 is 2.35 bits per heavy atom. The van der Waals surface area contributed by atoms with Gasteiger partial charge in [-0.05, 0) is 36.6 Å². The van der Waals surface area contributed by atoms with Gasteiger partial charge in [-0.15, -0.1) is 0 Å². The van der Waals surface area contributed by atoms with E-state index in [-0.39, 0.29) is 28.1 Å². The van der Waals surface area contributed by atoms with Crippen molar-refractivity contribution in [1.29, 1.82) is 0 Å². The minimum absolute atomic E-state index is 0.0232. The number of hydrogen-bond donors (Lipinski definition) is 4. The van der Waals surface area contributed by atoms with Crippen LogP contribution in [0.15, 0.2) is 35.4 Å². The molecule has 1 atom stereocenters. The van der Waals surface area contributed by atoms with Crippen molar-refractivity contribution in [3.63, 3.8) is 0 Å². The third-order valence-corrected chi connectivity index (χ3v) is 7.05. The lowest BCUT2D eigenvalue weighted by atomic mass is 10.0. The van der Waals surface area contributed by atoms with Crippen molar-refractivity contribution < 1.29 is 22.7 Å². The molecule has 1 aromatic heterocycles. The van der Waals surface area contributed by atoms with Crippen LogP contribution >= 0.6 is 0 Å². The molecule has 0 saturated carbocycles. The maximum Gasteiger partial charge on any atom is 0.254 e. The van der Waals surface area contributed by atoms with E-state index in [1.165, 1.54) is 22.6 Å². The molecule has 2 amide bonds. The van der Waals surface area contributed by atoms with E-state index in [2.05, 4.69) is 20.6 Å². The minimum atomic E-state index is -3.64. The third-order valence-electron chi connectivity index (χ3n) is 5.13. The van der Waals surface area contributed by atoms with Gasteiger partial charge in [0.05, 0.1) is 18.1 Å². The van der Waals surface area contributed by atoms with Gasteiger partial charge in [-0.1, -0.05) is 13.8 Å². The first-order valence-corrected chi connectivity index (χ1v) is 12.2. The van der Waals surface area contributed by atoms with E-state index in [0.29, 0.717) is 38.4 Å². The molecule has 1 aliphatic rings. The summed E-state index contributed by atoms with van der Waals surface area (Å²) < 4.78 is 32.2. The van der Waals surface area contributed by atoms with Crippen molar-refractivity contribution in [3.05, 3.63) is 36.0 Å². The van der Waals surface area contributed by atoms with Crippen molar-refractivity contribution >= 4 is 39.3 Å². The number of carbonyl (C=O) groups excluding carboxylic acids is 2. The highest BCUT2D eigenvalue weighted by Gasteiger charge is 2.26. The Bertz CT molecular complexity index is 1130. The molecule has 12 nitrogen and oxygen atoms in total. The van der Waals surface area contributed by atoms with Crippen molar-refractivity contribution in [1.82, 2.24) is 14.3 Å². The highest BCUT2D eigenvalue weighted by Crippen LogP contribution is 2.23. The fraction of sp³-hybridized carbons (Fsp3) is 0.429. The topological polar surface area (TPSA) is 183 Å². The molecule has 2 heterocycles. The predicted octanol–water partition coefficient (Wildman–Crippen LogP) is 0.652. The van der Waals surface area contributed by atoms with Crippen LogP contribution in [0, 0.1) is 5.92 Å². The van der Waals surface area contributed by atoms with Crippen LogP contribution < -0.4 is 22.1 Å². The number of carbonyl (C=O) groups is 2. The van der Waals surface area contributed by atoms with E-state index >= 15 is 0 Å². The van der Waals surface area contributed by atoms with Crippen LogP contribution in [0.25, 0.3) is 0 Å². The summed E-state index contributed by atoms with van der Waals surface area (Å²) >= 11 is 0. The number of hydrogen-bond acceptors (Lipinski definition) is 9. The summed E-state index contributed by atoms with van der Waals surface area (Å²) in [7, 11) is -3.64. The Hall–Kier alpha value is -3.29. The van der Waals surface area contributed by atoms with Gasteiger partial charge in [0.2, 0.25) is 21.9 Å². The smallest absolute Gasteiger partial charge is 0.254 e. The van der Waals surface area contributed by atoms with Gasteiger partial charge in [0.15, 0.2) is 0 Å². The average Bonchev–Trinajstić information content (AvgIpc) is 2.79. The number of nitrogens with zero attached hydrogens (tertiary/aromatic N) is 3. The first-order valence-electron chi connectivity index (χ1n) is 10.8. The van der Waals surface area contributed by atoms with E-state index in [9.17, 15) is 18.0 Å². The van der Waals surface area contributed by atoms with Gasteiger partial charge in [0, 0.05) is 25.0 Å². The summed E-state index contributed by atoms with van der Waals surface area (Å²) in [6.45, 7) is 5.20. The normalized spacial score (nSPS) is 15.6. The van der Waals surface area contributed by atoms with Gasteiger partial charge >= 0.3 is 0 Å². The minimum Gasteiger partial charge on any atom is -0.379 e. The van der Waals surface area contributed by atoms with Crippen LogP contribution in [-0.4, -0.2) is 66.9 Å². The van der Waals surface area contributed by atoms with Gasteiger partial charge in [0.25, 0.3) is 5.91 Å². The van der Waals surface area contributed by atoms with Crippen LogP contribution in [-0.2, 0) is 19.6 Å². The number of amides is 2. The lowest BCUT2D eigenvalue weighted by molar-refractivity contribution is -0.119. The van der Waals surface area contributed by atoms with Crippen molar-refractivity contribution in [2.45, 2.75) is 31.2 Å². The summed E-state index contributed by atoms with van der Waals surface area (Å²) in [6, 6.07) is 5.33. The highest BCUT2D eigenvalue weighted by molar-refractivity contribution is 7.89. The number of primary amides is 2. The maximum absolute atomic E-state index is 12.8. The number of anilines is 3. The molecule has 0 bridgehead atoms. The third kappa shape index (κ3) is 6.18. The average molecular weight is 492 g/mol. The number of benzene rings is 1. The summed E-state index contributed by atoms with van der Waals surface area (Å²) in [4.78, 5) is 32.1. The molecule has 184 valence electrons. The molecule has 0 aliphatic carbocycles. The predicted molar refractivity (Wildman–Crippen MR) is 126 cm³/mol. The molecular weight excluding hydrogens is 462 g/mol. The molecule has 3 rings (SSSR count). The Morgan fingerprint density at radius 1 is 1.15 bits per heavy atom. The van der Waals surface area contributed by atoms with Gasteiger partial charge in [-0.2, -0.15) is 9.29 Å². The molecular formula is C21H29N7O5S. The number of sulfonamides is 1. The molecule has 0 radical (unpaired) electrons. The Kier molecular flexibility index (Phi) is 8.02. The van der Waals surface area contributed by atoms with E-state index in [1.807, 2.05) is 13.8 Å². The number of nitrogens with one attached hydrogen (secondary N) is 2. The standard InChI is InChI=1S/C21H29N7O5S/c1-13(2)11-17(19(23)30)26-21-24-12-16(18(22)29)20(27-21)25-14-3-5-15(6-4-14)34(31,32)28-7-9-33-10-8-28/h3-6,12-13,17H,7-11H2,1-2H3,(H2,22,29)(H2,23,30)(H2,24,25,26,27). The molecule has 34 heavy (non-hydrogen) atoms. The van der Waals surface area contributed by atoms with Crippen molar-refractivity contribution in [2.75, 3.05) is 36.9 Å². The van der Waals surface area contributed by atoms with E-state index in [1.54, 1.807) is 12.1 Å². The largest absolute Gasteiger partial charge is 0.379 e. The summed E-state index contributed by atoms with van der Waals surface area (Å²) in [5.41, 5.74) is 11.4. The first-order chi connectivity index (χ1) is 16.1.